The number of hydrogen-bond donors (Lipinski definition) is 0. The molecule has 0 saturated carbocycles. The van der Waals surface area contributed by atoms with Gasteiger partial charge in [-0.3, -0.25) is 0 Å². The van der Waals surface area contributed by atoms with Crippen molar-refractivity contribution >= 4 is 0 Å². The number of halogens is 1. The summed E-state index contributed by atoms with van der Waals surface area (Å²) in [6, 6.07) is 0. The first kappa shape index (κ1) is 7.83. The molecule has 1 saturated heterocycles. The first-order valence-electron chi connectivity index (χ1n) is 3.66. The molecule has 1 unspecified atom stereocenters. The summed E-state index contributed by atoms with van der Waals surface area (Å²) in [5, 5.41) is 0. The Morgan fingerprint density at radius 1 is 1.44 bits per heavy atom. The molecule has 0 spiro atoms. The van der Waals surface area contributed by atoms with Gasteiger partial charge in [-0.1, -0.05) is 0 Å². The van der Waals surface area contributed by atoms with E-state index in [9.17, 15) is 0 Å². The van der Waals surface area contributed by atoms with Crippen LogP contribution in [-0.4, -0.2) is 8.86 Å². The van der Waals surface area contributed by atoms with E-state index in [0.717, 1.165) is 5.92 Å². The van der Waals surface area contributed by atoms with Crippen molar-refractivity contribution in [2.45, 2.75) is 27.2 Å². The summed E-state index contributed by atoms with van der Waals surface area (Å²) >= 11 is 0.615. The van der Waals surface area contributed by atoms with Crippen molar-refractivity contribution in [2.24, 2.45) is 11.3 Å². The van der Waals surface area contributed by atoms with Crippen LogP contribution in [0.1, 0.15) is 27.2 Å². The molecule has 1 rings (SSSR count). The van der Waals surface area contributed by atoms with Gasteiger partial charge < -0.3 is 0 Å². The average Bonchev–Trinajstić information content (AvgIpc) is 1.77. The van der Waals surface area contributed by atoms with Gasteiger partial charge in [-0.2, -0.15) is 0 Å². The number of hydrogen-bond acceptors (Lipinski definition) is 0. The second-order valence-corrected chi connectivity index (χ2v) is 6.71. The normalized spacial score (nSPS) is 35.2. The zero-order valence-electron chi connectivity index (χ0n) is 6.58. The number of alkyl halides is 2. The summed E-state index contributed by atoms with van der Waals surface area (Å²) in [6.45, 7) is 7.25. The van der Waals surface area contributed by atoms with Gasteiger partial charge in [0.2, 0.25) is 0 Å². The van der Waals surface area contributed by atoms with E-state index >= 15 is 0 Å². The third kappa shape index (κ3) is 1.82. The Labute approximate surface area is 68.7 Å². The van der Waals surface area contributed by atoms with Crippen LogP contribution < -0.4 is 21.2 Å². The van der Waals surface area contributed by atoms with Crippen molar-refractivity contribution in [1.29, 1.82) is 0 Å². The Balaban J connectivity index is 2.49. The first-order chi connectivity index (χ1) is 4.13. The summed E-state index contributed by atoms with van der Waals surface area (Å²) < 4.78 is 3.13. The van der Waals surface area contributed by atoms with Gasteiger partial charge in [0.1, 0.15) is 0 Å². The van der Waals surface area contributed by atoms with Crippen LogP contribution in [0.2, 0.25) is 0 Å². The molecule has 1 atom stereocenters. The standard InChI is InChI=1S/C8H16I/c1-7-6-9-5-4-8(7,2)3/h7H,4-6H2,1-3H3/q-1. The summed E-state index contributed by atoms with van der Waals surface area (Å²) in [7, 11) is 0. The zero-order chi connectivity index (χ0) is 6.91. The predicted molar refractivity (Wildman–Crippen MR) is 37.3 cm³/mol. The maximum absolute atomic E-state index is 2.42. The van der Waals surface area contributed by atoms with E-state index < -0.39 is 0 Å². The molecule has 0 N–H and O–H groups in total. The fourth-order valence-corrected chi connectivity index (χ4v) is 5.34. The van der Waals surface area contributed by atoms with Crippen LogP contribution in [0.3, 0.4) is 0 Å². The molecule has 0 nitrogen and oxygen atoms in total. The minimum atomic E-state index is 0.615. The van der Waals surface area contributed by atoms with Crippen LogP contribution in [0.15, 0.2) is 0 Å². The molecular weight excluding hydrogens is 223 g/mol. The molecule has 1 heteroatoms. The van der Waals surface area contributed by atoms with Gasteiger partial charge in [-0.25, -0.2) is 0 Å². The molecule has 0 amide bonds. The molecule has 0 aromatic carbocycles. The van der Waals surface area contributed by atoms with E-state index in [2.05, 4.69) is 20.8 Å². The van der Waals surface area contributed by atoms with Gasteiger partial charge in [0.05, 0.1) is 0 Å². The summed E-state index contributed by atoms with van der Waals surface area (Å²) in [6.07, 6.45) is 1.49. The Kier molecular flexibility index (Phi) is 2.41. The SMILES string of the molecule is CC1C[I-]CCC1(C)C. The third-order valence-corrected chi connectivity index (χ3v) is 5.79. The van der Waals surface area contributed by atoms with Crippen molar-refractivity contribution in [3.63, 3.8) is 0 Å². The van der Waals surface area contributed by atoms with Crippen molar-refractivity contribution in [3.05, 3.63) is 0 Å². The second-order valence-electron chi connectivity index (χ2n) is 3.67. The van der Waals surface area contributed by atoms with E-state index in [4.69, 9.17) is 0 Å². The van der Waals surface area contributed by atoms with E-state index in [1.165, 1.54) is 6.42 Å². The average molecular weight is 239 g/mol. The van der Waals surface area contributed by atoms with E-state index in [0.29, 0.717) is 26.6 Å². The topological polar surface area (TPSA) is 0 Å². The summed E-state index contributed by atoms with van der Waals surface area (Å²) in [4.78, 5) is 0. The molecule has 1 heterocycles. The predicted octanol–water partition coefficient (Wildman–Crippen LogP) is -0.859. The van der Waals surface area contributed by atoms with E-state index in [-0.39, 0.29) is 0 Å². The molecule has 9 heavy (non-hydrogen) atoms. The van der Waals surface area contributed by atoms with Crippen molar-refractivity contribution in [3.8, 4) is 0 Å². The van der Waals surface area contributed by atoms with Gasteiger partial charge in [0.15, 0.2) is 0 Å². The Bertz CT molecular complexity index is 96.7. The fraction of sp³-hybridized carbons (Fsp3) is 1.00. The second kappa shape index (κ2) is 2.77. The van der Waals surface area contributed by atoms with Crippen LogP contribution >= 0.6 is 0 Å². The molecule has 56 valence electrons. The van der Waals surface area contributed by atoms with Gasteiger partial charge in [-0.15, -0.1) is 0 Å². The van der Waals surface area contributed by atoms with E-state index in [1.807, 2.05) is 0 Å². The quantitative estimate of drug-likeness (QED) is 0.381. The molecule has 0 aliphatic carbocycles. The molecule has 0 bridgehead atoms. The molecule has 1 aliphatic heterocycles. The molecule has 0 aromatic heterocycles. The van der Waals surface area contributed by atoms with E-state index in [1.54, 1.807) is 8.86 Å². The Hall–Kier alpha value is 0.730. The van der Waals surface area contributed by atoms with Crippen molar-refractivity contribution in [1.82, 2.24) is 0 Å². The molecule has 0 radical (unpaired) electrons. The maximum atomic E-state index is 2.42. The monoisotopic (exact) mass is 239 g/mol. The van der Waals surface area contributed by atoms with Crippen LogP contribution in [0.25, 0.3) is 0 Å². The Morgan fingerprint density at radius 2 is 2.11 bits per heavy atom. The van der Waals surface area contributed by atoms with Crippen molar-refractivity contribution < 1.29 is 21.2 Å². The molecule has 0 aromatic rings. The van der Waals surface area contributed by atoms with Gasteiger partial charge >= 0.3 is 68.6 Å². The summed E-state index contributed by atoms with van der Waals surface area (Å²) in [5.74, 6) is 0.999. The first-order valence-corrected chi connectivity index (χ1v) is 6.71. The molecular formula is C8H16I-. The van der Waals surface area contributed by atoms with Gasteiger partial charge in [-0.05, 0) is 0 Å². The third-order valence-electron chi connectivity index (χ3n) is 2.55. The van der Waals surface area contributed by atoms with Crippen LogP contribution in [0.5, 0.6) is 0 Å². The van der Waals surface area contributed by atoms with Crippen LogP contribution in [0, 0.1) is 11.3 Å². The van der Waals surface area contributed by atoms with Gasteiger partial charge in [0, 0.05) is 0 Å². The zero-order valence-corrected chi connectivity index (χ0v) is 8.73. The van der Waals surface area contributed by atoms with Crippen LogP contribution in [-0.2, 0) is 0 Å². The number of rotatable bonds is 0. The minimum absolute atomic E-state index is 0.615. The van der Waals surface area contributed by atoms with Crippen molar-refractivity contribution in [2.75, 3.05) is 8.86 Å². The molecule has 1 aliphatic rings. The fourth-order valence-electron chi connectivity index (χ4n) is 1.01. The molecule has 1 fully saturated rings. The summed E-state index contributed by atoms with van der Waals surface area (Å²) in [5.41, 5.74) is 0.665. The van der Waals surface area contributed by atoms with Gasteiger partial charge in [0.25, 0.3) is 0 Å². The Morgan fingerprint density at radius 3 is 2.44 bits per heavy atom. The van der Waals surface area contributed by atoms with Crippen LogP contribution in [0.4, 0.5) is 0 Å².